The van der Waals surface area contributed by atoms with Gasteiger partial charge < -0.3 is 5.32 Å². The zero-order valence-corrected chi connectivity index (χ0v) is 9.60. The van der Waals surface area contributed by atoms with E-state index < -0.39 is 0 Å². The molecule has 0 saturated heterocycles. The number of hydrogen-bond donors (Lipinski definition) is 1. The molecule has 3 nitrogen and oxygen atoms in total. The van der Waals surface area contributed by atoms with Gasteiger partial charge in [0, 0.05) is 0 Å². The molecular weight excluding hydrogens is 217 g/mol. The molecule has 1 heterocycles. The first-order valence-electron chi connectivity index (χ1n) is 5.56. The van der Waals surface area contributed by atoms with E-state index >= 15 is 0 Å². The monoisotopic (exact) mass is 231 g/mol. The van der Waals surface area contributed by atoms with Crippen LogP contribution in [0.5, 0.6) is 0 Å². The van der Waals surface area contributed by atoms with Crippen molar-refractivity contribution in [2.75, 3.05) is 5.32 Å². The average molecular weight is 231 g/mol. The Bertz CT molecular complexity index is 473. The van der Waals surface area contributed by atoms with Crippen LogP contribution < -0.4 is 5.32 Å². The van der Waals surface area contributed by atoms with Crippen molar-refractivity contribution in [2.45, 2.75) is 19.4 Å². The molecule has 0 aliphatic carbocycles. The molecule has 1 atom stereocenters. The molecule has 2 aromatic rings. The van der Waals surface area contributed by atoms with Crippen LogP contribution in [0.3, 0.4) is 0 Å². The molecule has 0 aliphatic rings. The minimum absolute atomic E-state index is 0.0664. The SMILES string of the molecule is CCC(Nc1cncnc1)c1cccc(F)c1. The molecule has 2 rings (SSSR count). The molecule has 1 unspecified atom stereocenters. The Balaban J connectivity index is 2.17. The largest absolute Gasteiger partial charge is 0.376 e. The maximum absolute atomic E-state index is 13.2. The fourth-order valence-electron chi connectivity index (χ4n) is 1.72. The van der Waals surface area contributed by atoms with E-state index in [0.29, 0.717) is 0 Å². The van der Waals surface area contributed by atoms with Crippen LogP contribution in [-0.2, 0) is 0 Å². The number of benzene rings is 1. The normalized spacial score (nSPS) is 12.1. The van der Waals surface area contributed by atoms with Gasteiger partial charge in [0.25, 0.3) is 0 Å². The lowest BCUT2D eigenvalue weighted by Gasteiger charge is -2.18. The smallest absolute Gasteiger partial charge is 0.123 e. The first-order valence-corrected chi connectivity index (χ1v) is 5.56. The quantitative estimate of drug-likeness (QED) is 0.878. The second kappa shape index (κ2) is 5.39. The Morgan fingerprint density at radius 1 is 1.29 bits per heavy atom. The van der Waals surface area contributed by atoms with Crippen LogP contribution in [0.15, 0.2) is 43.0 Å². The van der Waals surface area contributed by atoms with Crippen LogP contribution in [-0.4, -0.2) is 9.97 Å². The van der Waals surface area contributed by atoms with Gasteiger partial charge in [0.05, 0.1) is 24.1 Å². The average Bonchev–Trinajstić information content (AvgIpc) is 2.37. The predicted octanol–water partition coefficient (Wildman–Crippen LogP) is 3.18. The summed E-state index contributed by atoms with van der Waals surface area (Å²) in [6.45, 7) is 2.05. The van der Waals surface area contributed by atoms with Gasteiger partial charge in [-0.25, -0.2) is 14.4 Å². The van der Waals surface area contributed by atoms with E-state index in [0.717, 1.165) is 17.7 Å². The standard InChI is InChI=1S/C13H14FN3/c1-2-13(10-4-3-5-11(14)6-10)17-12-7-15-9-16-8-12/h3-9,13,17H,2H2,1H3. The van der Waals surface area contributed by atoms with Crippen molar-refractivity contribution >= 4 is 5.69 Å². The Morgan fingerprint density at radius 3 is 2.71 bits per heavy atom. The maximum atomic E-state index is 13.2. The molecule has 88 valence electrons. The Kier molecular flexibility index (Phi) is 3.65. The molecule has 17 heavy (non-hydrogen) atoms. The number of hydrogen-bond acceptors (Lipinski definition) is 3. The summed E-state index contributed by atoms with van der Waals surface area (Å²) in [5, 5.41) is 3.28. The van der Waals surface area contributed by atoms with E-state index in [4.69, 9.17) is 0 Å². The molecule has 0 saturated carbocycles. The third kappa shape index (κ3) is 3.00. The summed E-state index contributed by atoms with van der Waals surface area (Å²) in [4.78, 5) is 7.87. The van der Waals surface area contributed by atoms with Crippen molar-refractivity contribution < 1.29 is 4.39 Å². The number of aromatic nitrogens is 2. The molecule has 4 heteroatoms. The van der Waals surface area contributed by atoms with Gasteiger partial charge in [0.15, 0.2) is 0 Å². The highest BCUT2D eigenvalue weighted by molar-refractivity contribution is 5.41. The third-order valence-corrected chi connectivity index (χ3v) is 2.56. The van der Waals surface area contributed by atoms with Gasteiger partial charge in [0.1, 0.15) is 12.1 Å². The van der Waals surface area contributed by atoms with E-state index in [1.807, 2.05) is 13.0 Å². The second-order valence-electron chi connectivity index (χ2n) is 3.79. The van der Waals surface area contributed by atoms with E-state index in [1.165, 1.54) is 12.4 Å². The minimum atomic E-state index is -0.216. The molecule has 0 fully saturated rings. The highest BCUT2D eigenvalue weighted by Crippen LogP contribution is 2.22. The fourth-order valence-corrected chi connectivity index (χ4v) is 1.72. The van der Waals surface area contributed by atoms with Crippen LogP contribution in [0.1, 0.15) is 24.9 Å². The van der Waals surface area contributed by atoms with Crippen molar-refractivity contribution in [1.82, 2.24) is 9.97 Å². The molecule has 0 aliphatic heterocycles. The molecule has 1 N–H and O–H groups in total. The number of nitrogens with one attached hydrogen (secondary N) is 1. The van der Waals surface area contributed by atoms with E-state index in [9.17, 15) is 4.39 Å². The van der Waals surface area contributed by atoms with Gasteiger partial charge in [-0.1, -0.05) is 19.1 Å². The van der Waals surface area contributed by atoms with Crippen LogP contribution in [0.4, 0.5) is 10.1 Å². The lowest BCUT2D eigenvalue weighted by molar-refractivity contribution is 0.620. The van der Waals surface area contributed by atoms with Crippen molar-refractivity contribution in [2.24, 2.45) is 0 Å². The van der Waals surface area contributed by atoms with Crippen molar-refractivity contribution in [3.05, 3.63) is 54.4 Å². The first-order chi connectivity index (χ1) is 8.29. The predicted molar refractivity (Wildman–Crippen MR) is 65.1 cm³/mol. The van der Waals surface area contributed by atoms with Crippen LogP contribution >= 0.6 is 0 Å². The lowest BCUT2D eigenvalue weighted by atomic mass is 10.0. The Morgan fingerprint density at radius 2 is 2.06 bits per heavy atom. The molecular formula is C13H14FN3. The number of nitrogens with zero attached hydrogens (tertiary/aromatic N) is 2. The van der Waals surface area contributed by atoms with Gasteiger partial charge in [0.2, 0.25) is 0 Å². The number of anilines is 1. The van der Waals surface area contributed by atoms with Crippen LogP contribution in [0.25, 0.3) is 0 Å². The summed E-state index contributed by atoms with van der Waals surface area (Å²) < 4.78 is 13.2. The summed E-state index contributed by atoms with van der Waals surface area (Å²) in [5.41, 5.74) is 1.76. The van der Waals surface area contributed by atoms with Crippen molar-refractivity contribution in [3.8, 4) is 0 Å². The van der Waals surface area contributed by atoms with E-state index in [1.54, 1.807) is 24.5 Å². The van der Waals surface area contributed by atoms with E-state index in [-0.39, 0.29) is 11.9 Å². The molecule has 0 bridgehead atoms. The molecule has 0 amide bonds. The van der Waals surface area contributed by atoms with Crippen LogP contribution in [0, 0.1) is 5.82 Å². The Hall–Kier alpha value is -1.97. The highest BCUT2D eigenvalue weighted by Gasteiger charge is 2.09. The molecule has 0 spiro atoms. The van der Waals surface area contributed by atoms with Gasteiger partial charge in [-0.15, -0.1) is 0 Å². The van der Waals surface area contributed by atoms with Crippen molar-refractivity contribution in [1.29, 1.82) is 0 Å². The zero-order chi connectivity index (χ0) is 12.1. The molecule has 0 radical (unpaired) electrons. The van der Waals surface area contributed by atoms with Crippen molar-refractivity contribution in [3.63, 3.8) is 0 Å². The van der Waals surface area contributed by atoms with Gasteiger partial charge in [-0.05, 0) is 24.1 Å². The summed E-state index contributed by atoms with van der Waals surface area (Å²) >= 11 is 0. The third-order valence-electron chi connectivity index (χ3n) is 2.56. The van der Waals surface area contributed by atoms with Crippen LogP contribution in [0.2, 0.25) is 0 Å². The van der Waals surface area contributed by atoms with Gasteiger partial charge >= 0.3 is 0 Å². The summed E-state index contributed by atoms with van der Waals surface area (Å²) in [6, 6.07) is 6.69. The lowest BCUT2D eigenvalue weighted by Crippen LogP contribution is -2.10. The fraction of sp³-hybridized carbons (Fsp3) is 0.231. The second-order valence-corrected chi connectivity index (χ2v) is 3.79. The van der Waals surface area contributed by atoms with Gasteiger partial charge in [-0.2, -0.15) is 0 Å². The highest BCUT2D eigenvalue weighted by atomic mass is 19.1. The maximum Gasteiger partial charge on any atom is 0.123 e. The zero-order valence-electron chi connectivity index (χ0n) is 9.60. The topological polar surface area (TPSA) is 37.8 Å². The summed E-state index contributed by atoms with van der Waals surface area (Å²) in [6.07, 6.45) is 5.75. The van der Waals surface area contributed by atoms with Gasteiger partial charge in [-0.3, -0.25) is 0 Å². The summed E-state index contributed by atoms with van der Waals surface area (Å²) in [7, 11) is 0. The number of rotatable bonds is 4. The molecule has 1 aromatic carbocycles. The first kappa shape index (κ1) is 11.5. The van der Waals surface area contributed by atoms with E-state index in [2.05, 4.69) is 15.3 Å². The number of halogens is 1. The summed E-state index contributed by atoms with van der Waals surface area (Å²) in [5.74, 6) is -0.216. The Labute approximate surface area is 99.7 Å². The molecule has 1 aromatic heterocycles. The minimum Gasteiger partial charge on any atom is -0.376 e.